The number of allylic oxidation sites excluding steroid dienone is 6. The monoisotopic (exact) mass is 715 g/mol. The van der Waals surface area contributed by atoms with Gasteiger partial charge in [0.15, 0.2) is 6.10 Å². The molecule has 0 bridgehead atoms. The maximum Gasteiger partial charge on any atom is 0.472 e. The zero-order chi connectivity index (χ0) is 36.4. The van der Waals surface area contributed by atoms with Crippen molar-refractivity contribution in [3.63, 3.8) is 0 Å². The van der Waals surface area contributed by atoms with Crippen molar-refractivity contribution in [3.8, 4) is 0 Å². The molecule has 0 saturated heterocycles. The van der Waals surface area contributed by atoms with Gasteiger partial charge in [-0.1, -0.05) is 115 Å². The molecule has 12 heteroatoms. The first kappa shape index (κ1) is 46.7. The van der Waals surface area contributed by atoms with Crippen LogP contribution in [-0.4, -0.2) is 59.9 Å². The number of carbonyl (C=O) groups excluding carboxylic acids is 2. The smallest absolute Gasteiger partial charge is 0.472 e. The number of phosphoric ester groups is 1. The van der Waals surface area contributed by atoms with Crippen molar-refractivity contribution < 1.29 is 47.5 Å². The molecule has 0 aromatic carbocycles. The third kappa shape index (κ3) is 32.7. The van der Waals surface area contributed by atoms with Crippen LogP contribution in [0.4, 0.5) is 0 Å². The summed E-state index contributed by atoms with van der Waals surface area (Å²) < 4.78 is 32.5. The van der Waals surface area contributed by atoms with Gasteiger partial charge in [-0.15, -0.1) is 0 Å². The van der Waals surface area contributed by atoms with E-state index >= 15 is 0 Å². The predicted octanol–water partition coefficient (Wildman–Crippen LogP) is 8.89. The van der Waals surface area contributed by atoms with Crippen LogP contribution in [0.25, 0.3) is 0 Å². The van der Waals surface area contributed by atoms with E-state index in [0.717, 1.165) is 83.5 Å². The Kier molecular flexibility index (Phi) is 31.3. The van der Waals surface area contributed by atoms with Crippen LogP contribution in [0.3, 0.4) is 0 Å². The summed E-state index contributed by atoms with van der Waals surface area (Å²) in [7, 11) is -4.71. The first-order valence-corrected chi connectivity index (χ1v) is 20.0. The van der Waals surface area contributed by atoms with Crippen molar-refractivity contribution in [2.24, 2.45) is 5.73 Å². The van der Waals surface area contributed by atoms with Crippen molar-refractivity contribution in [1.29, 1.82) is 0 Å². The summed E-state index contributed by atoms with van der Waals surface area (Å²) in [6, 6.07) is -1.52. The Labute approximate surface area is 295 Å². The highest BCUT2D eigenvalue weighted by Gasteiger charge is 2.28. The van der Waals surface area contributed by atoms with Gasteiger partial charge in [-0.05, 0) is 57.8 Å². The second-order valence-corrected chi connectivity index (χ2v) is 13.8. The number of ether oxygens (including phenoxy) is 2. The molecule has 0 aromatic heterocycles. The number of carbonyl (C=O) groups is 3. The number of esters is 2. The molecule has 0 heterocycles. The lowest BCUT2D eigenvalue weighted by molar-refractivity contribution is -0.161. The number of hydrogen-bond acceptors (Lipinski definition) is 9. The molecule has 1 unspecified atom stereocenters. The number of carboxylic acid groups (broad SMARTS) is 1. The van der Waals surface area contributed by atoms with E-state index < -0.39 is 51.1 Å². The summed E-state index contributed by atoms with van der Waals surface area (Å²) in [5.41, 5.74) is 5.31. The van der Waals surface area contributed by atoms with Crippen LogP contribution < -0.4 is 5.73 Å². The Hall–Kier alpha value is -2.30. The number of nitrogens with two attached hydrogens (primary N) is 1. The molecular formula is C37H66NO10P. The molecule has 0 aliphatic carbocycles. The van der Waals surface area contributed by atoms with E-state index in [1.54, 1.807) is 0 Å². The fraction of sp³-hybridized carbons (Fsp3) is 0.757. The zero-order valence-electron chi connectivity index (χ0n) is 30.3. The minimum Gasteiger partial charge on any atom is -0.480 e. The van der Waals surface area contributed by atoms with E-state index in [1.165, 1.54) is 25.7 Å². The van der Waals surface area contributed by atoms with E-state index in [1.807, 2.05) is 0 Å². The van der Waals surface area contributed by atoms with Gasteiger partial charge in [0.05, 0.1) is 13.2 Å². The van der Waals surface area contributed by atoms with Crippen LogP contribution >= 0.6 is 7.82 Å². The van der Waals surface area contributed by atoms with Crippen molar-refractivity contribution >= 4 is 25.7 Å². The highest BCUT2D eigenvalue weighted by atomic mass is 31.2. The molecule has 0 radical (unpaired) electrons. The van der Waals surface area contributed by atoms with Crippen LogP contribution in [0.5, 0.6) is 0 Å². The molecule has 0 rings (SSSR count). The van der Waals surface area contributed by atoms with Crippen LogP contribution in [0.1, 0.15) is 149 Å². The summed E-state index contributed by atoms with van der Waals surface area (Å²) >= 11 is 0. The van der Waals surface area contributed by atoms with Gasteiger partial charge in [-0.25, -0.2) is 4.57 Å². The standard InChI is InChI=1S/C37H66NO10P/c1-3-5-7-9-11-13-15-16-17-19-21-23-25-27-29-36(40)48-33(31-46-49(43,44)47-32-34(38)37(41)42)30-45-35(39)28-26-24-22-20-18-14-12-10-8-6-4-2/h9-12,15-16,33-34H,3-8,13-14,17-32,38H2,1-2H3,(H,41,42)(H,43,44)/b11-9-,12-10-,16-15-/t33-,34+/m1/s1. The summed E-state index contributed by atoms with van der Waals surface area (Å²) in [6.45, 7) is 2.67. The van der Waals surface area contributed by atoms with Crippen LogP contribution in [-0.2, 0) is 37.5 Å². The molecule has 4 N–H and O–H groups in total. The number of rotatable bonds is 34. The van der Waals surface area contributed by atoms with Crippen molar-refractivity contribution in [3.05, 3.63) is 36.5 Å². The lowest BCUT2D eigenvalue weighted by atomic mass is 10.1. The fourth-order valence-electron chi connectivity index (χ4n) is 4.59. The third-order valence-electron chi connectivity index (χ3n) is 7.61. The van der Waals surface area contributed by atoms with Crippen LogP contribution in [0.15, 0.2) is 36.5 Å². The van der Waals surface area contributed by atoms with Crippen molar-refractivity contribution in [1.82, 2.24) is 0 Å². The third-order valence-corrected chi connectivity index (χ3v) is 8.56. The topological polar surface area (TPSA) is 172 Å². The molecule has 11 nitrogen and oxygen atoms in total. The van der Waals surface area contributed by atoms with Gasteiger partial charge in [0.1, 0.15) is 12.6 Å². The fourth-order valence-corrected chi connectivity index (χ4v) is 5.37. The molecule has 0 aromatic rings. The maximum atomic E-state index is 12.5. The van der Waals surface area contributed by atoms with Gasteiger partial charge in [-0.2, -0.15) is 0 Å². The van der Waals surface area contributed by atoms with Crippen molar-refractivity contribution in [2.45, 2.75) is 161 Å². The number of phosphoric acid groups is 1. The summed E-state index contributed by atoms with van der Waals surface area (Å²) in [5, 5.41) is 8.85. The van der Waals surface area contributed by atoms with Crippen LogP contribution in [0.2, 0.25) is 0 Å². The average molecular weight is 716 g/mol. The Morgan fingerprint density at radius 2 is 1.08 bits per heavy atom. The Bertz CT molecular complexity index is 984. The Morgan fingerprint density at radius 1 is 0.633 bits per heavy atom. The first-order chi connectivity index (χ1) is 23.6. The van der Waals surface area contributed by atoms with Gasteiger partial charge >= 0.3 is 25.7 Å². The minimum atomic E-state index is -4.71. The lowest BCUT2D eigenvalue weighted by Crippen LogP contribution is -2.34. The molecule has 0 aliphatic heterocycles. The Balaban J connectivity index is 4.50. The number of hydrogen-bond donors (Lipinski definition) is 3. The second-order valence-electron chi connectivity index (χ2n) is 12.3. The van der Waals surface area contributed by atoms with Gasteiger partial charge in [-0.3, -0.25) is 23.4 Å². The molecule has 0 fully saturated rings. The van der Waals surface area contributed by atoms with E-state index in [0.29, 0.717) is 12.8 Å². The zero-order valence-corrected chi connectivity index (χ0v) is 31.2. The molecule has 0 aliphatic rings. The second kappa shape index (κ2) is 32.9. The molecule has 3 atom stereocenters. The normalized spacial score (nSPS) is 14.4. The molecule has 0 amide bonds. The van der Waals surface area contributed by atoms with Gasteiger partial charge in [0, 0.05) is 12.8 Å². The summed E-state index contributed by atoms with van der Waals surface area (Å²) in [4.78, 5) is 45.7. The minimum absolute atomic E-state index is 0.143. The van der Waals surface area contributed by atoms with Gasteiger partial charge < -0.3 is 25.2 Å². The van der Waals surface area contributed by atoms with Gasteiger partial charge in [0.25, 0.3) is 0 Å². The van der Waals surface area contributed by atoms with E-state index in [9.17, 15) is 23.8 Å². The molecular weight excluding hydrogens is 649 g/mol. The number of carboxylic acids is 1. The highest BCUT2D eigenvalue weighted by Crippen LogP contribution is 2.43. The lowest BCUT2D eigenvalue weighted by Gasteiger charge is -2.20. The summed E-state index contributed by atoms with van der Waals surface area (Å²) in [5.74, 6) is -2.41. The highest BCUT2D eigenvalue weighted by molar-refractivity contribution is 7.47. The quantitative estimate of drug-likeness (QED) is 0.0251. The molecule has 0 spiro atoms. The van der Waals surface area contributed by atoms with E-state index in [4.69, 9.17) is 24.8 Å². The summed E-state index contributed by atoms with van der Waals surface area (Å²) in [6.07, 6.45) is 32.2. The predicted molar refractivity (Wildman–Crippen MR) is 194 cm³/mol. The largest absolute Gasteiger partial charge is 0.480 e. The van der Waals surface area contributed by atoms with Crippen LogP contribution in [0, 0.1) is 0 Å². The SMILES string of the molecule is CCCC/C=C\C/C=C\CCCCCCCC(=O)O[C@H](COC(=O)CCCCCCC/C=C\CCCC)COP(=O)(O)OC[C@H](N)C(=O)O. The maximum absolute atomic E-state index is 12.5. The number of aliphatic carboxylic acids is 1. The average Bonchev–Trinajstić information content (AvgIpc) is 3.07. The van der Waals surface area contributed by atoms with E-state index in [2.05, 4.69) is 54.8 Å². The van der Waals surface area contributed by atoms with E-state index in [-0.39, 0.29) is 19.4 Å². The number of unbranched alkanes of at least 4 members (excludes halogenated alkanes) is 14. The van der Waals surface area contributed by atoms with Crippen molar-refractivity contribution in [2.75, 3.05) is 19.8 Å². The van der Waals surface area contributed by atoms with Gasteiger partial charge in [0.2, 0.25) is 0 Å². The Morgan fingerprint density at radius 3 is 1.61 bits per heavy atom. The molecule has 49 heavy (non-hydrogen) atoms. The first-order valence-electron chi connectivity index (χ1n) is 18.5. The molecule has 284 valence electrons. The molecule has 0 saturated carbocycles.